The summed E-state index contributed by atoms with van der Waals surface area (Å²) in [5, 5.41) is 3.15. The molecule has 1 aromatic carbocycles. The standard InChI is InChI=1S/C16H24N2O2/c1-3-15(11-5-8-14(20-2)9-6-11)18-16(19)12-4-7-13(17)10-12/h5-6,8-9,12-13,15H,3-4,7,10,17H2,1-2H3,(H,18,19). The average molecular weight is 276 g/mol. The average Bonchev–Trinajstić information content (AvgIpc) is 2.91. The highest BCUT2D eigenvalue weighted by Gasteiger charge is 2.28. The normalized spacial score (nSPS) is 23.4. The van der Waals surface area contributed by atoms with Crippen molar-refractivity contribution in [1.82, 2.24) is 5.32 Å². The second kappa shape index (κ2) is 6.75. The molecule has 0 heterocycles. The van der Waals surface area contributed by atoms with E-state index in [2.05, 4.69) is 12.2 Å². The molecule has 0 spiro atoms. The Labute approximate surface area is 120 Å². The molecule has 1 fully saturated rings. The van der Waals surface area contributed by atoms with Crippen LogP contribution in [0.5, 0.6) is 5.75 Å². The van der Waals surface area contributed by atoms with Gasteiger partial charge in [0.1, 0.15) is 5.75 Å². The predicted molar refractivity (Wildman–Crippen MR) is 79.5 cm³/mol. The Balaban J connectivity index is 1.99. The van der Waals surface area contributed by atoms with E-state index in [-0.39, 0.29) is 23.9 Å². The Bertz CT molecular complexity index is 444. The number of methoxy groups -OCH3 is 1. The summed E-state index contributed by atoms with van der Waals surface area (Å²) in [6.07, 6.45) is 3.55. The molecule has 2 rings (SSSR count). The summed E-state index contributed by atoms with van der Waals surface area (Å²) < 4.78 is 5.16. The largest absolute Gasteiger partial charge is 0.497 e. The van der Waals surface area contributed by atoms with Crippen LogP contribution >= 0.6 is 0 Å². The molecule has 1 aromatic rings. The molecule has 1 amide bonds. The first-order chi connectivity index (χ1) is 9.63. The molecule has 4 heteroatoms. The van der Waals surface area contributed by atoms with Gasteiger partial charge in [0, 0.05) is 12.0 Å². The summed E-state index contributed by atoms with van der Waals surface area (Å²) in [5.74, 6) is 1.05. The van der Waals surface area contributed by atoms with Gasteiger partial charge < -0.3 is 15.8 Å². The van der Waals surface area contributed by atoms with Gasteiger partial charge in [-0.2, -0.15) is 0 Å². The lowest BCUT2D eigenvalue weighted by Crippen LogP contribution is -2.33. The van der Waals surface area contributed by atoms with Crippen LogP contribution in [0.1, 0.15) is 44.2 Å². The van der Waals surface area contributed by atoms with E-state index in [9.17, 15) is 4.79 Å². The van der Waals surface area contributed by atoms with Crippen LogP contribution in [0.3, 0.4) is 0 Å². The molecule has 0 saturated heterocycles. The van der Waals surface area contributed by atoms with Crippen molar-refractivity contribution in [1.29, 1.82) is 0 Å². The molecule has 3 atom stereocenters. The van der Waals surface area contributed by atoms with Crippen LogP contribution in [-0.4, -0.2) is 19.1 Å². The van der Waals surface area contributed by atoms with Crippen molar-refractivity contribution in [3.63, 3.8) is 0 Å². The van der Waals surface area contributed by atoms with Crippen LogP contribution in [0.4, 0.5) is 0 Å². The Hall–Kier alpha value is -1.55. The summed E-state index contributed by atoms with van der Waals surface area (Å²) in [6, 6.07) is 8.11. The van der Waals surface area contributed by atoms with Crippen LogP contribution < -0.4 is 15.8 Å². The Morgan fingerprint density at radius 3 is 2.60 bits per heavy atom. The first-order valence-corrected chi connectivity index (χ1v) is 7.34. The maximum Gasteiger partial charge on any atom is 0.223 e. The number of hydrogen-bond acceptors (Lipinski definition) is 3. The van der Waals surface area contributed by atoms with Crippen molar-refractivity contribution in [2.45, 2.75) is 44.7 Å². The lowest BCUT2D eigenvalue weighted by molar-refractivity contribution is -0.125. The second-order valence-corrected chi connectivity index (χ2v) is 5.51. The third-order valence-corrected chi connectivity index (χ3v) is 4.09. The molecule has 1 saturated carbocycles. The fourth-order valence-corrected chi connectivity index (χ4v) is 2.80. The van der Waals surface area contributed by atoms with E-state index in [1.807, 2.05) is 24.3 Å². The second-order valence-electron chi connectivity index (χ2n) is 5.51. The summed E-state index contributed by atoms with van der Waals surface area (Å²) in [7, 11) is 1.65. The first kappa shape index (κ1) is 14.9. The number of carbonyl (C=O) groups excluding carboxylic acids is 1. The number of hydrogen-bond donors (Lipinski definition) is 2. The zero-order valence-electron chi connectivity index (χ0n) is 12.3. The highest BCUT2D eigenvalue weighted by Crippen LogP contribution is 2.26. The monoisotopic (exact) mass is 276 g/mol. The van der Waals surface area contributed by atoms with Crippen molar-refractivity contribution in [2.24, 2.45) is 11.7 Å². The Morgan fingerprint density at radius 1 is 1.40 bits per heavy atom. The van der Waals surface area contributed by atoms with Gasteiger partial charge in [-0.1, -0.05) is 19.1 Å². The molecule has 20 heavy (non-hydrogen) atoms. The van der Waals surface area contributed by atoms with Crippen LogP contribution in [0, 0.1) is 5.92 Å². The molecule has 0 bridgehead atoms. The SMILES string of the molecule is CCC(NC(=O)C1CCC(N)C1)c1ccc(OC)cc1. The number of nitrogens with one attached hydrogen (secondary N) is 1. The molecule has 3 unspecified atom stereocenters. The van der Waals surface area contributed by atoms with Crippen molar-refractivity contribution in [2.75, 3.05) is 7.11 Å². The summed E-state index contributed by atoms with van der Waals surface area (Å²) >= 11 is 0. The van der Waals surface area contributed by atoms with Gasteiger partial charge in [-0.05, 0) is 43.4 Å². The highest BCUT2D eigenvalue weighted by molar-refractivity contribution is 5.79. The van der Waals surface area contributed by atoms with Crippen LogP contribution in [0.2, 0.25) is 0 Å². The Kier molecular flexibility index (Phi) is 5.01. The number of ether oxygens (including phenoxy) is 1. The van der Waals surface area contributed by atoms with Gasteiger partial charge in [-0.25, -0.2) is 0 Å². The molecular weight excluding hydrogens is 252 g/mol. The van der Waals surface area contributed by atoms with Gasteiger partial charge in [0.15, 0.2) is 0 Å². The summed E-state index contributed by atoms with van der Waals surface area (Å²) in [5.41, 5.74) is 6.99. The van der Waals surface area contributed by atoms with E-state index < -0.39 is 0 Å². The molecule has 0 radical (unpaired) electrons. The molecule has 4 nitrogen and oxygen atoms in total. The maximum absolute atomic E-state index is 12.3. The molecule has 0 aromatic heterocycles. The Morgan fingerprint density at radius 2 is 2.10 bits per heavy atom. The van der Waals surface area contributed by atoms with Crippen molar-refractivity contribution in [3.8, 4) is 5.75 Å². The van der Waals surface area contributed by atoms with Crippen LogP contribution in [-0.2, 0) is 4.79 Å². The lowest BCUT2D eigenvalue weighted by atomic mass is 10.0. The van der Waals surface area contributed by atoms with Crippen LogP contribution in [0.25, 0.3) is 0 Å². The van der Waals surface area contributed by atoms with E-state index in [0.717, 1.165) is 37.0 Å². The molecule has 0 aliphatic heterocycles. The number of rotatable bonds is 5. The zero-order chi connectivity index (χ0) is 14.5. The predicted octanol–water partition coefficient (Wildman–Crippen LogP) is 2.39. The highest BCUT2D eigenvalue weighted by atomic mass is 16.5. The minimum Gasteiger partial charge on any atom is -0.497 e. The number of carbonyl (C=O) groups is 1. The minimum absolute atomic E-state index is 0.0604. The van der Waals surface area contributed by atoms with Gasteiger partial charge in [-0.15, -0.1) is 0 Å². The molecule has 110 valence electrons. The molecule has 1 aliphatic carbocycles. The number of nitrogens with two attached hydrogens (primary N) is 1. The maximum atomic E-state index is 12.3. The van der Waals surface area contributed by atoms with E-state index in [4.69, 9.17) is 10.5 Å². The zero-order valence-corrected chi connectivity index (χ0v) is 12.3. The van der Waals surface area contributed by atoms with Gasteiger partial charge >= 0.3 is 0 Å². The number of benzene rings is 1. The molecule has 1 aliphatic rings. The topological polar surface area (TPSA) is 64.4 Å². The van der Waals surface area contributed by atoms with Gasteiger partial charge in [0.05, 0.1) is 13.2 Å². The third-order valence-electron chi connectivity index (χ3n) is 4.09. The quantitative estimate of drug-likeness (QED) is 0.868. The van der Waals surface area contributed by atoms with Crippen molar-refractivity contribution < 1.29 is 9.53 Å². The fourth-order valence-electron chi connectivity index (χ4n) is 2.80. The minimum atomic E-state index is 0.0604. The first-order valence-electron chi connectivity index (χ1n) is 7.34. The summed E-state index contributed by atoms with van der Waals surface area (Å²) in [6.45, 7) is 2.08. The van der Waals surface area contributed by atoms with Crippen molar-refractivity contribution in [3.05, 3.63) is 29.8 Å². The van der Waals surface area contributed by atoms with E-state index >= 15 is 0 Å². The molecular formula is C16H24N2O2. The van der Waals surface area contributed by atoms with Gasteiger partial charge in [0.25, 0.3) is 0 Å². The fraction of sp³-hybridized carbons (Fsp3) is 0.562. The van der Waals surface area contributed by atoms with Crippen LogP contribution in [0.15, 0.2) is 24.3 Å². The van der Waals surface area contributed by atoms with Gasteiger partial charge in [-0.3, -0.25) is 4.79 Å². The number of amides is 1. The third kappa shape index (κ3) is 3.51. The van der Waals surface area contributed by atoms with Crippen molar-refractivity contribution >= 4 is 5.91 Å². The smallest absolute Gasteiger partial charge is 0.223 e. The van der Waals surface area contributed by atoms with Gasteiger partial charge in [0.2, 0.25) is 5.91 Å². The summed E-state index contributed by atoms with van der Waals surface area (Å²) in [4.78, 5) is 12.3. The van der Waals surface area contributed by atoms with E-state index in [0.29, 0.717) is 0 Å². The van der Waals surface area contributed by atoms with E-state index in [1.54, 1.807) is 7.11 Å². The molecule has 3 N–H and O–H groups in total. The lowest BCUT2D eigenvalue weighted by Gasteiger charge is -2.20. The van der Waals surface area contributed by atoms with E-state index in [1.165, 1.54) is 0 Å².